The van der Waals surface area contributed by atoms with Gasteiger partial charge in [0.15, 0.2) is 11.3 Å². The van der Waals surface area contributed by atoms with Gasteiger partial charge in [-0.05, 0) is 18.2 Å². The van der Waals surface area contributed by atoms with Crippen molar-refractivity contribution >= 4 is 11.6 Å². The van der Waals surface area contributed by atoms with Crippen molar-refractivity contribution in [3.63, 3.8) is 0 Å². The Morgan fingerprint density at radius 3 is 2.67 bits per heavy atom. The van der Waals surface area contributed by atoms with Crippen LogP contribution in [0.25, 0.3) is 16.9 Å². The van der Waals surface area contributed by atoms with Crippen LogP contribution in [0.5, 0.6) is 0 Å². The van der Waals surface area contributed by atoms with Gasteiger partial charge in [-0.3, -0.25) is 4.98 Å². The van der Waals surface area contributed by atoms with Crippen molar-refractivity contribution in [1.82, 2.24) is 19.6 Å². The highest BCUT2D eigenvalue weighted by atomic mass is 16.4. The van der Waals surface area contributed by atoms with Crippen LogP contribution in [0, 0.1) is 0 Å². The lowest BCUT2D eigenvalue weighted by molar-refractivity contribution is 0.0690. The Morgan fingerprint density at radius 1 is 1.17 bits per heavy atom. The third-order valence-electron chi connectivity index (χ3n) is 2.55. The predicted octanol–water partition coefficient (Wildman–Crippen LogP) is 1.49. The summed E-state index contributed by atoms with van der Waals surface area (Å²) in [7, 11) is 0. The lowest BCUT2D eigenvalue weighted by Gasteiger charge is -2.05. The summed E-state index contributed by atoms with van der Waals surface area (Å²) in [5.74, 6) is -1.06. The van der Waals surface area contributed by atoms with Gasteiger partial charge < -0.3 is 5.11 Å². The first-order valence-corrected chi connectivity index (χ1v) is 5.24. The van der Waals surface area contributed by atoms with E-state index >= 15 is 0 Å². The second kappa shape index (κ2) is 3.92. The Balaban J connectivity index is 2.33. The number of fused-ring (bicyclic) bond motifs is 1. The maximum Gasteiger partial charge on any atom is 0.354 e. The van der Waals surface area contributed by atoms with Gasteiger partial charge in [0.25, 0.3) is 0 Å². The number of aromatic carboxylic acids is 1. The van der Waals surface area contributed by atoms with E-state index in [4.69, 9.17) is 5.11 Å². The first kappa shape index (κ1) is 10.4. The zero-order valence-corrected chi connectivity index (χ0v) is 9.19. The molecule has 0 saturated carbocycles. The lowest BCUT2D eigenvalue weighted by atomic mass is 10.1. The summed E-state index contributed by atoms with van der Waals surface area (Å²) in [4.78, 5) is 19.0. The second-order valence-electron chi connectivity index (χ2n) is 3.67. The number of rotatable bonds is 2. The van der Waals surface area contributed by atoms with Gasteiger partial charge in [0, 0.05) is 24.0 Å². The van der Waals surface area contributed by atoms with Gasteiger partial charge in [-0.1, -0.05) is 0 Å². The molecule has 0 aliphatic heterocycles. The topological polar surface area (TPSA) is 80.4 Å². The molecular weight excluding hydrogens is 232 g/mol. The van der Waals surface area contributed by atoms with E-state index < -0.39 is 5.97 Å². The number of hydrogen-bond donors (Lipinski definition) is 1. The summed E-state index contributed by atoms with van der Waals surface area (Å²) in [6.45, 7) is 0. The molecule has 0 unspecified atom stereocenters. The summed E-state index contributed by atoms with van der Waals surface area (Å²) in [5.41, 5.74) is 2.00. The average molecular weight is 240 g/mol. The summed E-state index contributed by atoms with van der Waals surface area (Å²) in [6.07, 6.45) is 4.87. The molecule has 0 fully saturated rings. The molecule has 0 amide bonds. The Hall–Kier alpha value is -2.76. The minimum absolute atomic E-state index is 0.00480. The Kier molecular flexibility index (Phi) is 2.26. The normalized spacial score (nSPS) is 10.7. The molecule has 0 aliphatic carbocycles. The molecule has 3 aromatic rings. The number of carboxylic acid groups (broad SMARTS) is 1. The fourth-order valence-corrected chi connectivity index (χ4v) is 1.75. The first-order chi connectivity index (χ1) is 8.75. The highest BCUT2D eigenvalue weighted by Gasteiger charge is 2.12. The summed E-state index contributed by atoms with van der Waals surface area (Å²) < 4.78 is 1.60. The fraction of sp³-hybridized carbons (Fsp3) is 0. The number of pyridine rings is 1. The van der Waals surface area contributed by atoms with Crippen molar-refractivity contribution in [3.05, 3.63) is 48.5 Å². The van der Waals surface area contributed by atoms with Crippen molar-refractivity contribution in [3.8, 4) is 11.3 Å². The molecule has 3 rings (SSSR count). The monoisotopic (exact) mass is 240 g/mol. The molecule has 3 heterocycles. The van der Waals surface area contributed by atoms with Gasteiger partial charge in [0.05, 0.1) is 11.9 Å². The summed E-state index contributed by atoms with van der Waals surface area (Å²) in [6, 6.07) is 6.75. The van der Waals surface area contributed by atoms with E-state index in [1.54, 1.807) is 41.3 Å². The lowest BCUT2D eigenvalue weighted by Crippen LogP contribution is -2.05. The first-order valence-electron chi connectivity index (χ1n) is 5.24. The van der Waals surface area contributed by atoms with Crippen molar-refractivity contribution in [2.24, 2.45) is 0 Å². The molecule has 6 nitrogen and oxygen atoms in total. The molecule has 3 aromatic heterocycles. The third-order valence-corrected chi connectivity index (χ3v) is 2.55. The van der Waals surface area contributed by atoms with Crippen LogP contribution in [0.3, 0.4) is 0 Å². The van der Waals surface area contributed by atoms with Gasteiger partial charge in [-0.25, -0.2) is 14.3 Å². The maximum absolute atomic E-state index is 11.0. The minimum atomic E-state index is -1.06. The van der Waals surface area contributed by atoms with E-state index in [1.165, 1.54) is 6.07 Å². The van der Waals surface area contributed by atoms with Crippen LogP contribution in [0.2, 0.25) is 0 Å². The zero-order chi connectivity index (χ0) is 12.5. The molecule has 0 saturated heterocycles. The highest BCUT2D eigenvalue weighted by molar-refractivity contribution is 5.87. The quantitative estimate of drug-likeness (QED) is 0.734. The van der Waals surface area contributed by atoms with Crippen molar-refractivity contribution in [2.45, 2.75) is 0 Å². The van der Waals surface area contributed by atoms with Gasteiger partial charge in [0.1, 0.15) is 0 Å². The minimum Gasteiger partial charge on any atom is -0.477 e. The van der Waals surface area contributed by atoms with Crippen LogP contribution >= 0.6 is 0 Å². The summed E-state index contributed by atoms with van der Waals surface area (Å²) in [5, 5.41) is 13.2. The zero-order valence-electron chi connectivity index (χ0n) is 9.19. The Bertz CT molecular complexity index is 721. The van der Waals surface area contributed by atoms with E-state index in [-0.39, 0.29) is 5.69 Å². The smallest absolute Gasteiger partial charge is 0.354 e. The molecule has 0 aliphatic rings. The molecule has 1 N–H and O–H groups in total. The van der Waals surface area contributed by atoms with E-state index in [2.05, 4.69) is 15.1 Å². The molecule has 6 heteroatoms. The highest BCUT2D eigenvalue weighted by Crippen LogP contribution is 2.19. The van der Waals surface area contributed by atoms with Crippen LogP contribution in [0.1, 0.15) is 10.5 Å². The van der Waals surface area contributed by atoms with E-state index in [0.717, 1.165) is 5.56 Å². The third kappa shape index (κ3) is 1.60. The predicted molar refractivity (Wildman–Crippen MR) is 63.2 cm³/mol. The molecule has 0 aromatic carbocycles. The number of hydrogen-bond acceptors (Lipinski definition) is 4. The van der Waals surface area contributed by atoms with Crippen LogP contribution in [0.4, 0.5) is 0 Å². The van der Waals surface area contributed by atoms with Gasteiger partial charge in [-0.15, -0.1) is 0 Å². The van der Waals surface area contributed by atoms with Crippen molar-refractivity contribution in [2.75, 3.05) is 0 Å². The number of carbonyl (C=O) groups is 1. The van der Waals surface area contributed by atoms with Crippen molar-refractivity contribution < 1.29 is 9.90 Å². The maximum atomic E-state index is 11.0. The molecule has 0 radical (unpaired) electrons. The average Bonchev–Trinajstić information content (AvgIpc) is 2.86. The van der Waals surface area contributed by atoms with Crippen LogP contribution in [0.15, 0.2) is 42.9 Å². The van der Waals surface area contributed by atoms with Crippen LogP contribution < -0.4 is 0 Å². The van der Waals surface area contributed by atoms with Crippen LogP contribution in [-0.2, 0) is 0 Å². The fourth-order valence-electron chi connectivity index (χ4n) is 1.75. The SMILES string of the molecule is O=C(O)c1cc(-c2ccncc2)n2nccc2n1. The number of aromatic nitrogens is 4. The molecule has 18 heavy (non-hydrogen) atoms. The van der Waals surface area contributed by atoms with Gasteiger partial charge in [0.2, 0.25) is 0 Å². The van der Waals surface area contributed by atoms with E-state index in [0.29, 0.717) is 11.3 Å². The Morgan fingerprint density at radius 2 is 1.94 bits per heavy atom. The van der Waals surface area contributed by atoms with Gasteiger partial charge in [-0.2, -0.15) is 5.10 Å². The standard InChI is InChI=1S/C12H8N4O2/c17-12(18)9-7-10(8-1-4-13-5-2-8)16-11(15-9)3-6-14-16/h1-7H,(H,17,18). The second-order valence-corrected chi connectivity index (χ2v) is 3.67. The van der Waals surface area contributed by atoms with Gasteiger partial charge >= 0.3 is 5.97 Å². The van der Waals surface area contributed by atoms with Crippen LogP contribution in [-0.4, -0.2) is 30.7 Å². The number of nitrogens with zero attached hydrogens (tertiary/aromatic N) is 4. The molecule has 0 spiro atoms. The van der Waals surface area contributed by atoms with E-state index in [1.807, 2.05) is 0 Å². The largest absolute Gasteiger partial charge is 0.477 e. The van der Waals surface area contributed by atoms with E-state index in [9.17, 15) is 4.79 Å². The Labute approximate surface area is 102 Å². The summed E-state index contributed by atoms with van der Waals surface area (Å²) >= 11 is 0. The number of carboxylic acids is 1. The molecule has 0 bridgehead atoms. The molecule has 0 atom stereocenters. The molecule has 88 valence electrons. The van der Waals surface area contributed by atoms with Crippen molar-refractivity contribution in [1.29, 1.82) is 0 Å². The molecular formula is C12H8N4O2.